The standard InChI is InChI=1S/C59H36N2OS/c1-3-15-37(16-4-1)52-36-53(61-58(60-52)38-17-5-2-6-18-38)43-22-14-21-41(32-43)39-19-13-20-40(31-39)42-29-30-57-51(33-42)59(49-26-10-12-28-56(49)63-57)48-25-9-7-23-44(48)46-35-55-47(34-50(46)59)45-24-8-11-27-54(45)62-55/h1-36H. The maximum absolute atomic E-state index is 6.50. The van der Waals surface area contributed by atoms with Crippen molar-refractivity contribution in [3.8, 4) is 67.3 Å². The van der Waals surface area contributed by atoms with Crippen LogP contribution in [-0.2, 0) is 5.41 Å². The smallest absolute Gasteiger partial charge is 0.160 e. The number of nitrogens with zero attached hydrogens (tertiary/aromatic N) is 2. The molecule has 3 nitrogen and oxygen atoms in total. The minimum Gasteiger partial charge on any atom is -0.456 e. The van der Waals surface area contributed by atoms with Gasteiger partial charge in [-0.1, -0.05) is 176 Å². The van der Waals surface area contributed by atoms with Crippen molar-refractivity contribution in [3.05, 3.63) is 241 Å². The lowest BCUT2D eigenvalue weighted by molar-refractivity contribution is 0.668. The fourth-order valence-electron chi connectivity index (χ4n) is 10.1. The number of benzene rings is 9. The number of rotatable bonds is 5. The lowest BCUT2D eigenvalue weighted by atomic mass is 9.67. The number of fused-ring (bicyclic) bond motifs is 12. The van der Waals surface area contributed by atoms with E-state index in [1.54, 1.807) is 0 Å². The van der Waals surface area contributed by atoms with Crippen LogP contribution in [0.4, 0.5) is 0 Å². The lowest BCUT2D eigenvalue weighted by Crippen LogP contribution is -2.32. The molecule has 63 heavy (non-hydrogen) atoms. The molecule has 1 aliphatic heterocycles. The van der Waals surface area contributed by atoms with Gasteiger partial charge in [0.15, 0.2) is 5.82 Å². The van der Waals surface area contributed by atoms with Crippen molar-refractivity contribution in [1.82, 2.24) is 9.97 Å². The van der Waals surface area contributed by atoms with Gasteiger partial charge < -0.3 is 4.42 Å². The average Bonchev–Trinajstić information content (AvgIpc) is 3.86. The summed E-state index contributed by atoms with van der Waals surface area (Å²) in [7, 11) is 0. The number of hydrogen-bond donors (Lipinski definition) is 0. The molecule has 0 N–H and O–H groups in total. The van der Waals surface area contributed by atoms with Crippen LogP contribution in [0.1, 0.15) is 22.3 Å². The molecule has 294 valence electrons. The molecule has 4 heteroatoms. The van der Waals surface area contributed by atoms with Crippen LogP contribution >= 0.6 is 11.8 Å². The van der Waals surface area contributed by atoms with Crippen molar-refractivity contribution in [1.29, 1.82) is 0 Å². The highest BCUT2D eigenvalue weighted by Crippen LogP contribution is 2.63. The van der Waals surface area contributed by atoms with E-state index in [0.717, 1.165) is 61.1 Å². The van der Waals surface area contributed by atoms with Gasteiger partial charge in [-0.25, -0.2) is 9.97 Å². The van der Waals surface area contributed by atoms with Gasteiger partial charge in [-0.3, -0.25) is 0 Å². The average molecular weight is 821 g/mol. The summed E-state index contributed by atoms with van der Waals surface area (Å²) in [5.74, 6) is 0.709. The van der Waals surface area contributed by atoms with E-state index in [-0.39, 0.29) is 0 Å². The van der Waals surface area contributed by atoms with Gasteiger partial charge in [0.05, 0.1) is 16.8 Å². The molecule has 2 aliphatic rings. The molecule has 11 aromatic rings. The van der Waals surface area contributed by atoms with Gasteiger partial charge in [-0.15, -0.1) is 0 Å². The Kier molecular flexibility index (Phi) is 8.06. The number of hydrogen-bond acceptors (Lipinski definition) is 4. The molecule has 2 aromatic heterocycles. The van der Waals surface area contributed by atoms with Crippen molar-refractivity contribution in [2.75, 3.05) is 0 Å². The van der Waals surface area contributed by atoms with Crippen LogP contribution in [0.25, 0.3) is 89.2 Å². The van der Waals surface area contributed by atoms with Gasteiger partial charge in [-0.2, -0.15) is 0 Å². The Labute approximate surface area is 369 Å². The Bertz CT molecular complexity index is 3550. The third kappa shape index (κ3) is 5.62. The summed E-state index contributed by atoms with van der Waals surface area (Å²) in [5.41, 5.74) is 18.5. The summed E-state index contributed by atoms with van der Waals surface area (Å²) in [6.07, 6.45) is 0. The molecule has 1 unspecified atom stereocenters. The first kappa shape index (κ1) is 35.9. The van der Waals surface area contributed by atoms with Gasteiger partial charge in [0, 0.05) is 37.3 Å². The largest absolute Gasteiger partial charge is 0.456 e. The van der Waals surface area contributed by atoms with E-state index in [4.69, 9.17) is 14.4 Å². The normalized spacial score (nSPS) is 14.7. The zero-order valence-corrected chi connectivity index (χ0v) is 34.8. The monoisotopic (exact) mass is 820 g/mol. The van der Waals surface area contributed by atoms with Crippen molar-refractivity contribution in [3.63, 3.8) is 0 Å². The molecule has 0 saturated carbocycles. The molecule has 13 rings (SSSR count). The molecule has 9 aromatic carbocycles. The van der Waals surface area contributed by atoms with E-state index in [0.29, 0.717) is 5.82 Å². The quantitative estimate of drug-likeness (QED) is 0.173. The zero-order valence-electron chi connectivity index (χ0n) is 34.0. The lowest BCUT2D eigenvalue weighted by Gasteiger charge is -2.40. The first-order chi connectivity index (χ1) is 31.2. The molecule has 1 spiro atoms. The molecular weight excluding hydrogens is 785 g/mol. The highest BCUT2D eigenvalue weighted by atomic mass is 32.2. The van der Waals surface area contributed by atoms with Crippen LogP contribution in [0, 0.1) is 0 Å². The summed E-state index contributed by atoms with van der Waals surface area (Å²) in [4.78, 5) is 12.7. The molecule has 1 aliphatic carbocycles. The molecule has 0 fully saturated rings. The number of aromatic nitrogens is 2. The van der Waals surface area contributed by atoms with E-state index >= 15 is 0 Å². The number of furan rings is 1. The van der Waals surface area contributed by atoms with Gasteiger partial charge in [0.2, 0.25) is 0 Å². The van der Waals surface area contributed by atoms with Crippen LogP contribution in [0.3, 0.4) is 0 Å². The van der Waals surface area contributed by atoms with E-state index in [9.17, 15) is 0 Å². The van der Waals surface area contributed by atoms with Gasteiger partial charge >= 0.3 is 0 Å². The maximum Gasteiger partial charge on any atom is 0.160 e. The van der Waals surface area contributed by atoms with Crippen LogP contribution in [-0.4, -0.2) is 9.97 Å². The van der Waals surface area contributed by atoms with Gasteiger partial charge in [-0.05, 0) is 110 Å². The molecule has 0 saturated heterocycles. The second-order valence-electron chi connectivity index (χ2n) is 16.5. The third-order valence-corrected chi connectivity index (χ3v) is 14.1. The summed E-state index contributed by atoms with van der Waals surface area (Å²) < 4.78 is 6.50. The predicted molar refractivity (Wildman–Crippen MR) is 258 cm³/mol. The van der Waals surface area contributed by atoms with Gasteiger partial charge in [0.25, 0.3) is 0 Å². The third-order valence-electron chi connectivity index (χ3n) is 13.0. The van der Waals surface area contributed by atoms with E-state index < -0.39 is 5.41 Å². The Hall–Kier alpha value is -7.79. The SMILES string of the molecule is c1ccc(-c2cc(-c3cccc(-c4cccc(-c5ccc6c(c5)C5(c7ccccc7S6)c6ccccc6-c6cc7oc8ccccc8c7cc65)c4)c3)nc(-c3ccccc3)n2)cc1. The van der Waals surface area contributed by atoms with Crippen molar-refractivity contribution < 1.29 is 4.42 Å². The Morgan fingerprint density at radius 3 is 1.71 bits per heavy atom. The minimum atomic E-state index is -0.521. The molecule has 0 amide bonds. The van der Waals surface area contributed by atoms with Crippen LogP contribution in [0.15, 0.2) is 233 Å². The fourth-order valence-corrected chi connectivity index (χ4v) is 11.3. The van der Waals surface area contributed by atoms with Crippen LogP contribution < -0.4 is 0 Å². The summed E-state index contributed by atoms with van der Waals surface area (Å²) in [5, 5.41) is 2.29. The molecule has 0 radical (unpaired) electrons. The van der Waals surface area contributed by atoms with E-state index in [1.165, 1.54) is 54.3 Å². The first-order valence-corrected chi connectivity index (χ1v) is 22.2. The molecule has 1 atom stereocenters. The first-order valence-electron chi connectivity index (χ1n) is 21.4. The Balaban J connectivity index is 0.955. The summed E-state index contributed by atoms with van der Waals surface area (Å²) in [6, 6.07) is 78.6. The highest BCUT2D eigenvalue weighted by molar-refractivity contribution is 7.99. The van der Waals surface area contributed by atoms with Crippen LogP contribution in [0.5, 0.6) is 0 Å². The fraction of sp³-hybridized carbons (Fsp3) is 0.0169. The molecule has 0 bridgehead atoms. The van der Waals surface area contributed by atoms with Crippen molar-refractivity contribution >= 4 is 33.7 Å². The van der Waals surface area contributed by atoms with Crippen molar-refractivity contribution in [2.24, 2.45) is 0 Å². The predicted octanol–water partition coefficient (Wildman–Crippen LogP) is 15.5. The maximum atomic E-state index is 6.50. The molecule has 3 heterocycles. The Morgan fingerprint density at radius 2 is 0.921 bits per heavy atom. The topological polar surface area (TPSA) is 38.9 Å². The summed E-state index contributed by atoms with van der Waals surface area (Å²) >= 11 is 1.87. The Morgan fingerprint density at radius 1 is 0.333 bits per heavy atom. The number of para-hydroxylation sites is 1. The zero-order chi connectivity index (χ0) is 41.5. The summed E-state index contributed by atoms with van der Waals surface area (Å²) in [6.45, 7) is 0. The molecular formula is C59H36N2OS. The van der Waals surface area contributed by atoms with E-state index in [2.05, 4.69) is 194 Å². The van der Waals surface area contributed by atoms with Crippen LogP contribution in [0.2, 0.25) is 0 Å². The van der Waals surface area contributed by atoms with Crippen molar-refractivity contribution in [2.45, 2.75) is 15.2 Å². The van der Waals surface area contributed by atoms with Gasteiger partial charge in [0.1, 0.15) is 11.2 Å². The van der Waals surface area contributed by atoms with E-state index in [1.807, 2.05) is 36.0 Å². The second-order valence-corrected chi connectivity index (χ2v) is 17.5. The minimum absolute atomic E-state index is 0.521. The second kappa shape index (κ2) is 14.1. The highest BCUT2D eigenvalue weighted by Gasteiger charge is 2.50.